The van der Waals surface area contributed by atoms with E-state index in [1.54, 1.807) is 12.5 Å². The molecule has 0 unspecified atom stereocenters. The van der Waals surface area contributed by atoms with Crippen molar-refractivity contribution in [1.29, 1.82) is 0 Å². The average Bonchev–Trinajstić information content (AvgIpc) is 2.66. The number of rotatable bonds is 0. The first-order valence-electron chi connectivity index (χ1n) is 4.22. The molecule has 0 saturated heterocycles. The van der Waals surface area contributed by atoms with E-state index in [2.05, 4.69) is 15.0 Å². The zero-order valence-electron chi connectivity index (χ0n) is 7.16. The van der Waals surface area contributed by atoms with Crippen LogP contribution in [0.5, 0.6) is 0 Å². The molecule has 0 amide bonds. The van der Waals surface area contributed by atoms with Crippen LogP contribution in [0.15, 0.2) is 30.7 Å². The topological polar surface area (TPSA) is 41.6 Å². The minimum absolute atomic E-state index is 0.688. The molecule has 0 aliphatic rings. The summed E-state index contributed by atoms with van der Waals surface area (Å²) in [7, 11) is 0. The summed E-state index contributed by atoms with van der Waals surface area (Å²) in [6, 6.07) is 5.67. The van der Waals surface area contributed by atoms with E-state index in [1.807, 2.05) is 18.2 Å². The molecular weight excluding hydrogens is 198 g/mol. The molecule has 3 rings (SSSR count). The Morgan fingerprint density at radius 1 is 1.29 bits per heavy atom. The summed E-state index contributed by atoms with van der Waals surface area (Å²) in [6.45, 7) is 0. The normalized spacial score (nSPS) is 11.2. The minimum Gasteiger partial charge on any atom is -0.343 e. The summed E-state index contributed by atoms with van der Waals surface area (Å²) in [5.41, 5.74) is 2.65. The largest absolute Gasteiger partial charge is 0.343 e. The predicted octanol–water partition coefficient (Wildman–Crippen LogP) is 2.76. The average molecular weight is 204 g/mol. The molecule has 0 atom stereocenters. The van der Waals surface area contributed by atoms with Crippen molar-refractivity contribution in [3.8, 4) is 0 Å². The molecule has 4 heteroatoms. The van der Waals surface area contributed by atoms with E-state index in [0.717, 1.165) is 21.9 Å². The molecule has 1 N–H and O–H groups in total. The predicted molar refractivity (Wildman–Crippen MR) is 56.4 cm³/mol. The van der Waals surface area contributed by atoms with E-state index in [1.165, 1.54) is 0 Å². The number of aromatic nitrogens is 3. The van der Waals surface area contributed by atoms with Gasteiger partial charge in [-0.25, -0.2) is 4.98 Å². The Kier molecular flexibility index (Phi) is 1.49. The summed E-state index contributed by atoms with van der Waals surface area (Å²) in [6.07, 6.45) is 3.40. The van der Waals surface area contributed by atoms with Crippen LogP contribution in [-0.2, 0) is 0 Å². The first-order chi connectivity index (χ1) is 6.86. The number of pyridine rings is 1. The standard InChI is InChI=1S/C10H6ClN3/c11-7-4-8-10(14-5-13-8)9-6(7)2-1-3-12-9/h1-5H,(H,13,14). The highest BCUT2D eigenvalue weighted by atomic mass is 35.5. The molecule has 3 aromatic rings. The monoisotopic (exact) mass is 203 g/mol. The van der Waals surface area contributed by atoms with E-state index in [0.29, 0.717) is 5.02 Å². The van der Waals surface area contributed by atoms with Crippen LogP contribution in [0, 0.1) is 0 Å². The van der Waals surface area contributed by atoms with Gasteiger partial charge in [-0.3, -0.25) is 4.98 Å². The number of hydrogen-bond donors (Lipinski definition) is 1. The first kappa shape index (κ1) is 7.76. The number of fused-ring (bicyclic) bond motifs is 3. The van der Waals surface area contributed by atoms with E-state index in [4.69, 9.17) is 11.6 Å². The summed E-state index contributed by atoms with van der Waals surface area (Å²) in [4.78, 5) is 11.5. The maximum absolute atomic E-state index is 6.10. The second-order valence-corrected chi connectivity index (χ2v) is 3.46. The van der Waals surface area contributed by atoms with E-state index in [9.17, 15) is 0 Å². The van der Waals surface area contributed by atoms with Gasteiger partial charge >= 0.3 is 0 Å². The highest BCUT2D eigenvalue weighted by Gasteiger charge is 2.06. The second kappa shape index (κ2) is 2.69. The first-order valence-corrected chi connectivity index (χ1v) is 4.60. The van der Waals surface area contributed by atoms with E-state index >= 15 is 0 Å². The minimum atomic E-state index is 0.688. The Bertz CT molecular complexity index is 615. The number of imidazole rings is 1. The van der Waals surface area contributed by atoms with Gasteiger partial charge < -0.3 is 4.98 Å². The number of H-pyrrole nitrogens is 1. The van der Waals surface area contributed by atoms with Crippen molar-refractivity contribution in [2.75, 3.05) is 0 Å². The molecule has 0 bridgehead atoms. The Morgan fingerprint density at radius 3 is 3.14 bits per heavy atom. The van der Waals surface area contributed by atoms with Gasteiger partial charge in [0.2, 0.25) is 0 Å². The molecule has 68 valence electrons. The molecule has 1 aromatic carbocycles. The van der Waals surface area contributed by atoms with Crippen LogP contribution < -0.4 is 0 Å². The van der Waals surface area contributed by atoms with Crippen molar-refractivity contribution in [2.24, 2.45) is 0 Å². The quantitative estimate of drug-likeness (QED) is 0.611. The van der Waals surface area contributed by atoms with Crippen molar-refractivity contribution < 1.29 is 0 Å². The fraction of sp³-hybridized carbons (Fsp3) is 0. The molecule has 0 radical (unpaired) electrons. The van der Waals surface area contributed by atoms with Gasteiger partial charge in [0.1, 0.15) is 0 Å². The van der Waals surface area contributed by atoms with Gasteiger partial charge in [0.25, 0.3) is 0 Å². The van der Waals surface area contributed by atoms with Crippen LogP contribution in [0.3, 0.4) is 0 Å². The molecule has 0 spiro atoms. The van der Waals surface area contributed by atoms with Gasteiger partial charge in [-0.1, -0.05) is 11.6 Å². The van der Waals surface area contributed by atoms with Crippen LogP contribution in [0.4, 0.5) is 0 Å². The van der Waals surface area contributed by atoms with Gasteiger partial charge in [-0.2, -0.15) is 0 Å². The Labute approximate surface area is 84.7 Å². The lowest BCUT2D eigenvalue weighted by molar-refractivity contribution is 1.34. The lowest BCUT2D eigenvalue weighted by atomic mass is 10.2. The zero-order chi connectivity index (χ0) is 9.54. The fourth-order valence-corrected chi connectivity index (χ4v) is 1.85. The number of halogens is 1. The van der Waals surface area contributed by atoms with Crippen molar-refractivity contribution in [2.45, 2.75) is 0 Å². The van der Waals surface area contributed by atoms with Gasteiger partial charge in [0.05, 0.1) is 27.9 Å². The third kappa shape index (κ3) is 0.930. The SMILES string of the molecule is Clc1cc2nc[nH]c2c2ncccc12. The Balaban J connectivity index is 2.67. The van der Waals surface area contributed by atoms with Crippen LogP contribution >= 0.6 is 11.6 Å². The number of aromatic amines is 1. The van der Waals surface area contributed by atoms with Gasteiger partial charge in [-0.15, -0.1) is 0 Å². The highest BCUT2D eigenvalue weighted by molar-refractivity contribution is 6.36. The van der Waals surface area contributed by atoms with E-state index in [-0.39, 0.29) is 0 Å². The molecule has 0 aliphatic heterocycles. The fourth-order valence-electron chi connectivity index (χ4n) is 1.60. The third-order valence-electron chi connectivity index (χ3n) is 2.23. The van der Waals surface area contributed by atoms with Crippen molar-refractivity contribution in [1.82, 2.24) is 15.0 Å². The van der Waals surface area contributed by atoms with Crippen molar-refractivity contribution in [3.63, 3.8) is 0 Å². The summed E-state index contributed by atoms with van der Waals surface area (Å²) >= 11 is 6.10. The van der Waals surface area contributed by atoms with Crippen LogP contribution in [0.1, 0.15) is 0 Å². The van der Waals surface area contributed by atoms with Gasteiger partial charge in [-0.05, 0) is 18.2 Å². The lowest BCUT2D eigenvalue weighted by Crippen LogP contribution is -1.81. The number of nitrogens with zero attached hydrogens (tertiary/aromatic N) is 2. The number of benzene rings is 1. The zero-order valence-corrected chi connectivity index (χ0v) is 7.92. The maximum atomic E-state index is 6.10. The molecule has 14 heavy (non-hydrogen) atoms. The maximum Gasteiger partial charge on any atom is 0.0974 e. The van der Waals surface area contributed by atoms with Crippen LogP contribution in [-0.4, -0.2) is 15.0 Å². The van der Waals surface area contributed by atoms with Crippen LogP contribution in [0.25, 0.3) is 21.9 Å². The summed E-state index contributed by atoms with van der Waals surface area (Å²) in [5.74, 6) is 0. The second-order valence-electron chi connectivity index (χ2n) is 3.05. The number of nitrogens with one attached hydrogen (secondary N) is 1. The molecule has 2 aromatic heterocycles. The molecule has 0 saturated carbocycles. The molecule has 0 aliphatic carbocycles. The van der Waals surface area contributed by atoms with Gasteiger partial charge in [0, 0.05) is 11.6 Å². The number of hydrogen-bond acceptors (Lipinski definition) is 2. The smallest absolute Gasteiger partial charge is 0.0974 e. The molecular formula is C10H6ClN3. The molecule has 2 heterocycles. The Morgan fingerprint density at radius 2 is 2.21 bits per heavy atom. The molecule has 0 fully saturated rings. The Hall–Kier alpha value is -1.61. The lowest BCUT2D eigenvalue weighted by Gasteiger charge is -1.99. The third-order valence-corrected chi connectivity index (χ3v) is 2.55. The van der Waals surface area contributed by atoms with Crippen molar-refractivity contribution >= 4 is 33.5 Å². The highest BCUT2D eigenvalue weighted by Crippen LogP contribution is 2.27. The summed E-state index contributed by atoms with van der Waals surface area (Å²) in [5, 5.41) is 1.64. The summed E-state index contributed by atoms with van der Waals surface area (Å²) < 4.78 is 0. The molecule has 3 nitrogen and oxygen atoms in total. The van der Waals surface area contributed by atoms with Crippen molar-refractivity contribution in [3.05, 3.63) is 35.7 Å². The van der Waals surface area contributed by atoms with E-state index < -0.39 is 0 Å². The van der Waals surface area contributed by atoms with Gasteiger partial charge in [0.15, 0.2) is 0 Å². The van der Waals surface area contributed by atoms with Crippen LogP contribution in [0.2, 0.25) is 5.02 Å².